The lowest BCUT2D eigenvalue weighted by Crippen LogP contribution is -2.26. The molecule has 1 rings (SSSR count). The van der Waals surface area contributed by atoms with Crippen LogP contribution in [0.5, 0.6) is 0 Å². The number of amides is 1. The number of benzene rings is 1. The maximum Gasteiger partial charge on any atom is 0.337 e. The van der Waals surface area contributed by atoms with E-state index < -0.39 is 23.8 Å². The number of carbonyl (C=O) groups is 3. The van der Waals surface area contributed by atoms with E-state index in [0.717, 1.165) is 0 Å². The van der Waals surface area contributed by atoms with Crippen LogP contribution in [-0.2, 0) is 14.3 Å². The summed E-state index contributed by atoms with van der Waals surface area (Å²) in [7, 11) is 1.27. The molecule has 0 fully saturated rings. The monoisotopic (exact) mass is 251 g/mol. The number of carboxylic acids is 1. The Balaban J connectivity index is 2.72. The molecule has 0 aliphatic heterocycles. The second-order valence-corrected chi connectivity index (χ2v) is 3.62. The highest BCUT2D eigenvalue weighted by Crippen LogP contribution is 2.11. The van der Waals surface area contributed by atoms with E-state index in [4.69, 9.17) is 5.11 Å². The van der Waals surface area contributed by atoms with E-state index in [2.05, 4.69) is 10.1 Å². The molecule has 1 amide bonds. The molecule has 1 atom stereocenters. The number of anilines is 1. The largest absolute Gasteiger partial charge is 0.481 e. The van der Waals surface area contributed by atoms with Gasteiger partial charge in [0.1, 0.15) is 5.92 Å². The molecule has 96 valence electrons. The Morgan fingerprint density at radius 3 is 2.22 bits per heavy atom. The topological polar surface area (TPSA) is 92.7 Å². The maximum absolute atomic E-state index is 11.4. The summed E-state index contributed by atoms with van der Waals surface area (Å²) < 4.78 is 4.52. The molecule has 1 unspecified atom stereocenters. The van der Waals surface area contributed by atoms with Crippen molar-refractivity contribution in [3.05, 3.63) is 29.8 Å². The number of hydrogen-bond donors (Lipinski definition) is 2. The van der Waals surface area contributed by atoms with Crippen LogP contribution in [-0.4, -0.2) is 30.1 Å². The molecule has 0 bridgehead atoms. The molecule has 6 heteroatoms. The lowest BCUT2D eigenvalue weighted by molar-refractivity contribution is -0.144. The summed E-state index contributed by atoms with van der Waals surface area (Å²) in [6.45, 7) is 1.29. The Morgan fingerprint density at radius 2 is 1.78 bits per heavy atom. The molecule has 0 aliphatic carbocycles. The van der Waals surface area contributed by atoms with Crippen LogP contribution >= 0.6 is 0 Å². The van der Waals surface area contributed by atoms with E-state index in [-0.39, 0.29) is 0 Å². The van der Waals surface area contributed by atoms with Gasteiger partial charge in [0.05, 0.1) is 12.7 Å². The van der Waals surface area contributed by atoms with Gasteiger partial charge in [0, 0.05) is 5.69 Å². The highest BCUT2D eigenvalue weighted by molar-refractivity contribution is 6.04. The van der Waals surface area contributed by atoms with E-state index >= 15 is 0 Å². The maximum atomic E-state index is 11.4. The van der Waals surface area contributed by atoms with Crippen molar-refractivity contribution < 1.29 is 24.2 Å². The van der Waals surface area contributed by atoms with Gasteiger partial charge in [0.15, 0.2) is 0 Å². The highest BCUT2D eigenvalue weighted by atomic mass is 16.5. The van der Waals surface area contributed by atoms with Gasteiger partial charge in [-0.05, 0) is 31.2 Å². The first-order chi connectivity index (χ1) is 8.45. The number of methoxy groups -OCH3 is 1. The van der Waals surface area contributed by atoms with Gasteiger partial charge in [0.2, 0.25) is 5.91 Å². The van der Waals surface area contributed by atoms with Gasteiger partial charge in [-0.3, -0.25) is 9.59 Å². The van der Waals surface area contributed by atoms with Gasteiger partial charge in [-0.15, -0.1) is 0 Å². The summed E-state index contributed by atoms with van der Waals surface area (Å²) in [5.74, 6) is -3.43. The smallest absolute Gasteiger partial charge is 0.337 e. The fourth-order valence-corrected chi connectivity index (χ4v) is 1.17. The molecule has 0 saturated carbocycles. The van der Waals surface area contributed by atoms with Crippen molar-refractivity contribution in [3.8, 4) is 0 Å². The average Bonchev–Trinajstić information content (AvgIpc) is 2.37. The van der Waals surface area contributed by atoms with Crippen molar-refractivity contribution in [1.82, 2.24) is 0 Å². The normalized spacial score (nSPS) is 11.4. The van der Waals surface area contributed by atoms with Gasteiger partial charge < -0.3 is 15.2 Å². The predicted molar refractivity (Wildman–Crippen MR) is 63.2 cm³/mol. The third-order valence-electron chi connectivity index (χ3n) is 2.34. The number of nitrogens with one attached hydrogen (secondary N) is 1. The Morgan fingerprint density at radius 1 is 1.22 bits per heavy atom. The highest BCUT2D eigenvalue weighted by Gasteiger charge is 2.20. The average molecular weight is 251 g/mol. The van der Waals surface area contributed by atoms with E-state index in [1.807, 2.05) is 0 Å². The van der Waals surface area contributed by atoms with Crippen molar-refractivity contribution in [3.63, 3.8) is 0 Å². The van der Waals surface area contributed by atoms with Crippen LogP contribution in [0.2, 0.25) is 0 Å². The van der Waals surface area contributed by atoms with Crippen LogP contribution < -0.4 is 5.32 Å². The third kappa shape index (κ3) is 3.31. The fourth-order valence-electron chi connectivity index (χ4n) is 1.17. The van der Waals surface area contributed by atoms with Crippen LogP contribution in [0.15, 0.2) is 24.3 Å². The van der Waals surface area contributed by atoms with Crippen molar-refractivity contribution >= 4 is 23.5 Å². The van der Waals surface area contributed by atoms with Crippen molar-refractivity contribution in [1.29, 1.82) is 0 Å². The van der Waals surface area contributed by atoms with Crippen molar-refractivity contribution in [2.24, 2.45) is 5.92 Å². The minimum absolute atomic E-state index is 0.349. The quantitative estimate of drug-likeness (QED) is 0.618. The molecule has 0 radical (unpaired) electrons. The summed E-state index contributed by atoms with van der Waals surface area (Å²) >= 11 is 0. The summed E-state index contributed by atoms with van der Waals surface area (Å²) in [5.41, 5.74) is 0.766. The number of rotatable bonds is 4. The lowest BCUT2D eigenvalue weighted by atomic mass is 10.1. The van der Waals surface area contributed by atoms with Gasteiger partial charge in [0.25, 0.3) is 0 Å². The molecular weight excluding hydrogens is 238 g/mol. The Bertz CT molecular complexity index is 466. The zero-order valence-corrected chi connectivity index (χ0v) is 9.97. The van der Waals surface area contributed by atoms with Gasteiger partial charge >= 0.3 is 11.9 Å². The number of ether oxygens (including phenoxy) is 1. The molecule has 6 nitrogen and oxygen atoms in total. The van der Waals surface area contributed by atoms with Crippen LogP contribution in [0.25, 0.3) is 0 Å². The SMILES string of the molecule is COC(=O)c1ccc(NC(=O)C(C)C(=O)O)cc1. The van der Waals surface area contributed by atoms with Gasteiger partial charge in [-0.1, -0.05) is 0 Å². The van der Waals surface area contributed by atoms with E-state index in [0.29, 0.717) is 11.3 Å². The minimum atomic E-state index is -1.20. The molecule has 1 aromatic rings. The van der Waals surface area contributed by atoms with Gasteiger partial charge in [-0.2, -0.15) is 0 Å². The standard InChI is InChI=1S/C12H13NO5/c1-7(11(15)16)10(14)13-9-5-3-8(4-6-9)12(17)18-2/h3-7H,1-2H3,(H,13,14)(H,15,16). The summed E-state index contributed by atoms with van der Waals surface area (Å²) in [5, 5.41) is 11.1. The number of carboxylic acid groups (broad SMARTS) is 1. The zero-order chi connectivity index (χ0) is 13.7. The zero-order valence-electron chi connectivity index (χ0n) is 9.97. The van der Waals surface area contributed by atoms with Crippen LogP contribution in [0.4, 0.5) is 5.69 Å². The van der Waals surface area contributed by atoms with E-state index in [1.165, 1.54) is 38.3 Å². The number of esters is 1. The van der Waals surface area contributed by atoms with Crippen LogP contribution in [0.3, 0.4) is 0 Å². The summed E-state index contributed by atoms with van der Waals surface area (Å²) in [6.07, 6.45) is 0. The van der Waals surface area contributed by atoms with E-state index in [1.54, 1.807) is 0 Å². The molecule has 1 aromatic carbocycles. The Labute approximate surface area is 104 Å². The number of aliphatic carboxylic acids is 1. The minimum Gasteiger partial charge on any atom is -0.481 e. The summed E-state index contributed by atoms with van der Waals surface area (Å²) in [6, 6.07) is 5.96. The molecular formula is C12H13NO5. The first kappa shape index (κ1) is 13.7. The fraction of sp³-hybridized carbons (Fsp3) is 0.250. The summed E-state index contributed by atoms with van der Waals surface area (Å²) in [4.78, 5) is 33.2. The Kier molecular flexibility index (Phi) is 4.42. The Hall–Kier alpha value is -2.37. The van der Waals surface area contributed by atoms with Crippen molar-refractivity contribution in [2.75, 3.05) is 12.4 Å². The second-order valence-electron chi connectivity index (χ2n) is 3.62. The molecule has 0 aromatic heterocycles. The molecule has 0 spiro atoms. The van der Waals surface area contributed by atoms with E-state index in [9.17, 15) is 14.4 Å². The molecule has 0 heterocycles. The van der Waals surface area contributed by atoms with Gasteiger partial charge in [-0.25, -0.2) is 4.79 Å². The first-order valence-corrected chi connectivity index (χ1v) is 5.17. The van der Waals surface area contributed by atoms with Crippen LogP contribution in [0.1, 0.15) is 17.3 Å². The van der Waals surface area contributed by atoms with Crippen LogP contribution in [0, 0.1) is 5.92 Å². The number of carbonyl (C=O) groups excluding carboxylic acids is 2. The molecule has 2 N–H and O–H groups in total. The second kappa shape index (κ2) is 5.81. The predicted octanol–water partition coefficient (Wildman–Crippen LogP) is 1.13. The molecule has 0 aliphatic rings. The molecule has 18 heavy (non-hydrogen) atoms. The first-order valence-electron chi connectivity index (χ1n) is 5.17. The number of hydrogen-bond acceptors (Lipinski definition) is 4. The lowest BCUT2D eigenvalue weighted by Gasteiger charge is -2.08. The van der Waals surface area contributed by atoms with Crippen molar-refractivity contribution in [2.45, 2.75) is 6.92 Å². The molecule has 0 saturated heterocycles. The third-order valence-corrected chi connectivity index (χ3v) is 2.34.